The summed E-state index contributed by atoms with van der Waals surface area (Å²) in [6.07, 6.45) is 2.01. The SMILES string of the molecule is CCCCn1nc(-c2ccc(C(C)C)cc2)cc(CC#N)c1=O. The molecule has 0 aliphatic rings. The molecule has 0 fully saturated rings. The molecular formula is C19H23N3O. The monoisotopic (exact) mass is 309 g/mol. The van der Waals surface area contributed by atoms with Gasteiger partial charge in [0.05, 0.1) is 18.2 Å². The van der Waals surface area contributed by atoms with E-state index in [1.54, 1.807) is 6.07 Å². The molecule has 0 N–H and O–H groups in total. The van der Waals surface area contributed by atoms with Gasteiger partial charge in [-0.2, -0.15) is 10.4 Å². The van der Waals surface area contributed by atoms with E-state index in [4.69, 9.17) is 5.26 Å². The number of rotatable bonds is 6. The lowest BCUT2D eigenvalue weighted by molar-refractivity contribution is 0.541. The topological polar surface area (TPSA) is 58.7 Å². The Bertz CT molecular complexity index is 752. The van der Waals surface area contributed by atoms with Crippen molar-refractivity contribution in [2.45, 2.75) is 52.5 Å². The molecule has 2 aromatic rings. The van der Waals surface area contributed by atoms with Crippen LogP contribution in [-0.4, -0.2) is 9.78 Å². The third kappa shape index (κ3) is 4.07. The van der Waals surface area contributed by atoms with Gasteiger partial charge in [0.1, 0.15) is 0 Å². The zero-order valence-corrected chi connectivity index (χ0v) is 14.0. The third-order valence-corrected chi connectivity index (χ3v) is 3.91. The van der Waals surface area contributed by atoms with Gasteiger partial charge in [-0.3, -0.25) is 4.79 Å². The molecular weight excluding hydrogens is 286 g/mol. The summed E-state index contributed by atoms with van der Waals surface area (Å²) in [6.45, 7) is 6.98. The maximum Gasteiger partial charge on any atom is 0.271 e. The molecule has 1 aromatic heterocycles. The van der Waals surface area contributed by atoms with Crippen molar-refractivity contribution in [1.82, 2.24) is 9.78 Å². The summed E-state index contributed by atoms with van der Waals surface area (Å²) in [5, 5.41) is 13.4. The Morgan fingerprint density at radius 2 is 1.96 bits per heavy atom. The number of aryl methyl sites for hydroxylation is 1. The maximum absolute atomic E-state index is 12.3. The second kappa shape index (κ2) is 7.73. The number of hydrogen-bond acceptors (Lipinski definition) is 3. The van der Waals surface area contributed by atoms with E-state index in [0.29, 0.717) is 18.0 Å². The van der Waals surface area contributed by atoms with Gasteiger partial charge >= 0.3 is 0 Å². The number of hydrogen-bond donors (Lipinski definition) is 0. The summed E-state index contributed by atoms with van der Waals surface area (Å²) in [7, 11) is 0. The van der Waals surface area contributed by atoms with Crippen molar-refractivity contribution in [2.75, 3.05) is 0 Å². The molecule has 23 heavy (non-hydrogen) atoms. The number of unbranched alkanes of at least 4 members (excludes halogenated alkanes) is 1. The smallest absolute Gasteiger partial charge is 0.267 e. The van der Waals surface area contributed by atoms with Gasteiger partial charge < -0.3 is 0 Å². The van der Waals surface area contributed by atoms with Crippen LogP contribution in [0.15, 0.2) is 35.1 Å². The molecule has 2 rings (SSSR count). The van der Waals surface area contributed by atoms with E-state index in [1.807, 2.05) is 12.1 Å². The molecule has 0 saturated carbocycles. The molecule has 4 nitrogen and oxygen atoms in total. The highest BCUT2D eigenvalue weighted by Gasteiger charge is 2.10. The first-order valence-electron chi connectivity index (χ1n) is 8.15. The largest absolute Gasteiger partial charge is 0.271 e. The van der Waals surface area contributed by atoms with Crippen LogP contribution in [0.4, 0.5) is 0 Å². The average Bonchev–Trinajstić information content (AvgIpc) is 2.56. The van der Waals surface area contributed by atoms with Crippen LogP contribution < -0.4 is 5.56 Å². The highest BCUT2D eigenvalue weighted by Crippen LogP contribution is 2.21. The normalized spacial score (nSPS) is 10.7. The van der Waals surface area contributed by atoms with Crippen LogP contribution in [0.2, 0.25) is 0 Å². The first kappa shape index (κ1) is 17.0. The summed E-state index contributed by atoms with van der Waals surface area (Å²) in [5.74, 6) is 0.477. The molecule has 1 heterocycles. The van der Waals surface area contributed by atoms with Crippen molar-refractivity contribution >= 4 is 0 Å². The Labute approximate surface area is 137 Å². The van der Waals surface area contributed by atoms with Crippen molar-refractivity contribution < 1.29 is 0 Å². The third-order valence-electron chi connectivity index (χ3n) is 3.91. The molecule has 0 bridgehead atoms. The second-order valence-corrected chi connectivity index (χ2v) is 6.05. The van der Waals surface area contributed by atoms with Gasteiger partial charge in [-0.1, -0.05) is 51.5 Å². The Balaban J connectivity index is 2.46. The Kier molecular flexibility index (Phi) is 5.70. The predicted octanol–water partition coefficient (Wildman–Crippen LogP) is 3.90. The van der Waals surface area contributed by atoms with Crippen LogP contribution in [0.3, 0.4) is 0 Å². The van der Waals surface area contributed by atoms with Crippen LogP contribution in [0.5, 0.6) is 0 Å². The molecule has 120 valence electrons. The molecule has 1 aromatic carbocycles. The summed E-state index contributed by atoms with van der Waals surface area (Å²) in [5.41, 5.74) is 3.36. The average molecular weight is 309 g/mol. The van der Waals surface area contributed by atoms with Crippen molar-refractivity contribution in [1.29, 1.82) is 5.26 Å². The molecule has 0 aliphatic heterocycles. The Hall–Kier alpha value is -2.41. The fourth-order valence-electron chi connectivity index (χ4n) is 2.45. The molecule has 0 saturated heterocycles. The van der Waals surface area contributed by atoms with Crippen molar-refractivity contribution in [3.63, 3.8) is 0 Å². The number of nitrogens with zero attached hydrogens (tertiary/aromatic N) is 3. The fourth-order valence-corrected chi connectivity index (χ4v) is 2.45. The van der Waals surface area contributed by atoms with Gasteiger partial charge in [0.15, 0.2) is 0 Å². The number of benzene rings is 1. The van der Waals surface area contributed by atoms with Crippen LogP contribution in [0.25, 0.3) is 11.3 Å². The van der Waals surface area contributed by atoms with Gasteiger partial charge in [0.25, 0.3) is 5.56 Å². The standard InChI is InChI=1S/C19H23N3O/c1-4-5-12-22-19(23)17(10-11-20)13-18(21-22)16-8-6-15(7-9-16)14(2)3/h6-9,13-14H,4-5,10,12H2,1-3H3. The summed E-state index contributed by atoms with van der Waals surface area (Å²) in [6, 6.07) is 12.1. The van der Waals surface area contributed by atoms with Gasteiger partial charge in [-0.25, -0.2) is 4.68 Å². The zero-order chi connectivity index (χ0) is 16.8. The van der Waals surface area contributed by atoms with Crippen LogP contribution >= 0.6 is 0 Å². The summed E-state index contributed by atoms with van der Waals surface area (Å²) < 4.78 is 1.50. The van der Waals surface area contributed by atoms with E-state index in [9.17, 15) is 4.79 Å². The van der Waals surface area contributed by atoms with Gasteiger partial charge in [-0.15, -0.1) is 0 Å². The lowest BCUT2D eigenvalue weighted by Crippen LogP contribution is -2.26. The van der Waals surface area contributed by atoms with Crippen LogP contribution in [-0.2, 0) is 13.0 Å². The lowest BCUT2D eigenvalue weighted by Gasteiger charge is -2.10. The first-order valence-corrected chi connectivity index (χ1v) is 8.15. The molecule has 4 heteroatoms. The van der Waals surface area contributed by atoms with Crippen LogP contribution in [0.1, 0.15) is 50.7 Å². The molecule has 0 atom stereocenters. The number of nitriles is 1. The van der Waals surface area contributed by atoms with E-state index >= 15 is 0 Å². The van der Waals surface area contributed by atoms with E-state index in [2.05, 4.69) is 44.1 Å². The van der Waals surface area contributed by atoms with Crippen molar-refractivity contribution in [3.05, 3.63) is 51.8 Å². The molecule has 0 aliphatic carbocycles. The minimum Gasteiger partial charge on any atom is -0.267 e. The van der Waals surface area contributed by atoms with Crippen LogP contribution in [0, 0.1) is 11.3 Å². The molecule has 0 amide bonds. The quantitative estimate of drug-likeness (QED) is 0.813. The van der Waals surface area contributed by atoms with Gasteiger partial charge in [0, 0.05) is 17.7 Å². The maximum atomic E-state index is 12.3. The number of aromatic nitrogens is 2. The highest BCUT2D eigenvalue weighted by molar-refractivity contribution is 5.59. The van der Waals surface area contributed by atoms with E-state index in [-0.39, 0.29) is 12.0 Å². The molecule has 0 unspecified atom stereocenters. The molecule has 0 radical (unpaired) electrons. The van der Waals surface area contributed by atoms with E-state index in [1.165, 1.54) is 10.2 Å². The minimum absolute atomic E-state index is 0.116. The predicted molar refractivity (Wildman–Crippen MR) is 92.2 cm³/mol. The van der Waals surface area contributed by atoms with Gasteiger partial charge in [-0.05, 0) is 24.0 Å². The Morgan fingerprint density at radius 1 is 1.26 bits per heavy atom. The second-order valence-electron chi connectivity index (χ2n) is 6.05. The lowest BCUT2D eigenvalue weighted by atomic mass is 10.0. The zero-order valence-electron chi connectivity index (χ0n) is 14.0. The van der Waals surface area contributed by atoms with E-state index < -0.39 is 0 Å². The highest BCUT2D eigenvalue weighted by atomic mass is 16.1. The molecule has 0 spiro atoms. The summed E-state index contributed by atoms with van der Waals surface area (Å²) >= 11 is 0. The summed E-state index contributed by atoms with van der Waals surface area (Å²) in [4.78, 5) is 12.3. The van der Waals surface area contributed by atoms with Crippen molar-refractivity contribution in [2.24, 2.45) is 0 Å². The Morgan fingerprint density at radius 3 is 2.52 bits per heavy atom. The van der Waals surface area contributed by atoms with Crippen molar-refractivity contribution in [3.8, 4) is 17.3 Å². The van der Waals surface area contributed by atoms with Gasteiger partial charge in [0.2, 0.25) is 0 Å². The minimum atomic E-state index is -0.150. The fraction of sp³-hybridized carbons (Fsp3) is 0.421. The first-order chi connectivity index (χ1) is 11.1. The van der Waals surface area contributed by atoms with E-state index in [0.717, 1.165) is 24.1 Å².